The third-order valence-corrected chi connectivity index (χ3v) is 2.99. The van der Waals surface area contributed by atoms with E-state index in [1.807, 2.05) is 6.07 Å². The number of aromatic nitrogens is 1. The quantitative estimate of drug-likeness (QED) is 0.854. The molecule has 2 aromatic rings. The second-order valence-corrected chi connectivity index (χ2v) is 4.39. The molecule has 0 radical (unpaired) electrons. The zero-order chi connectivity index (χ0) is 14.7. The van der Waals surface area contributed by atoms with Crippen molar-refractivity contribution in [3.8, 4) is 6.07 Å². The van der Waals surface area contributed by atoms with Gasteiger partial charge in [0.25, 0.3) is 5.91 Å². The highest BCUT2D eigenvalue weighted by Crippen LogP contribution is 2.20. The summed E-state index contributed by atoms with van der Waals surface area (Å²) in [6.45, 7) is 0. The maximum atomic E-state index is 13.1. The van der Waals surface area contributed by atoms with Crippen molar-refractivity contribution in [3.63, 3.8) is 0 Å². The van der Waals surface area contributed by atoms with Crippen LogP contribution in [-0.2, 0) is 0 Å². The number of amides is 1. The van der Waals surface area contributed by atoms with E-state index in [4.69, 9.17) is 16.9 Å². The summed E-state index contributed by atoms with van der Waals surface area (Å²) in [5, 5.41) is 8.87. The van der Waals surface area contributed by atoms with Gasteiger partial charge in [0, 0.05) is 18.8 Å². The van der Waals surface area contributed by atoms with Crippen molar-refractivity contribution >= 4 is 23.3 Å². The first-order chi connectivity index (χ1) is 9.54. The monoisotopic (exact) mass is 289 g/mol. The Kier molecular flexibility index (Phi) is 3.97. The maximum Gasteiger partial charge on any atom is 0.259 e. The number of anilines is 1. The maximum absolute atomic E-state index is 13.1. The number of nitrogens with zero attached hydrogens (tertiary/aromatic N) is 3. The van der Waals surface area contributed by atoms with E-state index in [2.05, 4.69) is 4.98 Å². The molecule has 0 bridgehead atoms. The molecule has 0 aliphatic heterocycles. The number of pyridine rings is 1. The van der Waals surface area contributed by atoms with Crippen molar-refractivity contribution in [1.82, 2.24) is 4.98 Å². The van der Waals surface area contributed by atoms with Crippen LogP contribution in [0.25, 0.3) is 0 Å². The third-order valence-electron chi connectivity index (χ3n) is 2.70. The van der Waals surface area contributed by atoms with Crippen LogP contribution >= 0.6 is 11.6 Å². The molecule has 0 fully saturated rings. The van der Waals surface area contributed by atoms with E-state index in [0.29, 0.717) is 0 Å². The molecule has 4 nitrogen and oxygen atoms in total. The third kappa shape index (κ3) is 2.60. The molecule has 0 saturated carbocycles. The van der Waals surface area contributed by atoms with Crippen molar-refractivity contribution < 1.29 is 9.18 Å². The van der Waals surface area contributed by atoms with E-state index < -0.39 is 11.7 Å². The van der Waals surface area contributed by atoms with Crippen LogP contribution in [-0.4, -0.2) is 17.9 Å². The van der Waals surface area contributed by atoms with E-state index >= 15 is 0 Å². The van der Waals surface area contributed by atoms with Gasteiger partial charge in [-0.2, -0.15) is 5.26 Å². The minimum absolute atomic E-state index is 0.134. The molecule has 6 heteroatoms. The number of rotatable bonds is 2. The van der Waals surface area contributed by atoms with Gasteiger partial charge in [0.2, 0.25) is 0 Å². The number of benzene rings is 1. The number of hydrogen-bond acceptors (Lipinski definition) is 3. The Morgan fingerprint density at radius 3 is 2.85 bits per heavy atom. The number of halogens is 2. The zero-order valence-corrected chi connectivity index (χ0v) is 11.2. The Hall–Kier alpha value is -2.45. The second-order valence-electron chi connectivity index (χ2n) is 3.98. The van der Waals surface area contributed by atoms with Gasteiger partial charge in [-0.1, -0.05) is 11.6 Å². The van der Waals surface area contributed by atoms with Gasteiger partial charge >= 0.3 is 0 Å². The molecule has 0 atom stereocenters. The molecule has 0 aliphatic rings. The molecule has 1 aromatic carbocycles. The summed E-state index contributed by atoms with van der Waals surface area (Å²) in [5.41, 5.74) is 0.491. The van der Waals surface area contributed by atoms with E-state index in [0.717, 1.165) is 6.07 Å². The molecule has 2 rings (SSSR count). The molecule has 1 amide bonds. The van der Waals surface area contributed by atoms with Crippen LogP contribution in [0, 0.1) is 17.1 Å². The van der Waals surface area contributed by atoms with Gasteiger partial charge in [0.1, 0.15) is 11.9 Å². The largest absolute Gasteiger partial charge is 0.295 e. The summed E-state index contributed by atoms with van der Waals surface area (Å²) < 4.78 is 13.1. The van der Waals surface area contributed by atoms with Gasteiger partial charge in [-0.05, 0) is 30.3 Å². The number of hydrogen-bond donors (Lipinski definition) is 0. The topological polar surface area (TPSA) is 57.0 Å². The molecule has 20 heavy (non-hydrogen) atoms. The highest BCUT2D eigenvalue weighted by Gasteiger charge is 2.18. The molecule has 1 aromatic heterocycles. The summed E-state index contributed by atoms with van der Waals surface area (Å²) in [5.74, 6) is -0.788. The average Bonchev–Trinajstić information content (AvgIpc) is 2.48. The lowest BCUT2D eigenvalue weighted by Crippen LogP contribution is -2.27. The fourth-order valence-corrected chi connectivity index (χ4v) is 1.85. The summed E-state index contributed by atoms with van der Waals surface area (Å²) in [6.07, 6.45) is 1.48. The molecule has 0 unspecified atom stereocenters. The summed E-state index contributed by atoms with van der Waals surface area (Å²) in [7, 11) is 1.49. The predicted molar refractivity (Wildman–Crippen MR) is 73.1 cm³/mol. The van der Waals surface area contributed by atoms with Crippen molar-refractivity contribution in [2.24, 2.45) is 0 Å². The van der Waals surface area contributed by atoms with Crippen molar-refractivity contribution in [2.45, 2.75) is 0 Å². The number of carbonyl (C=O) groups is 1. The van der Waals surface area contributed by atoms with Gasteiger partial charge in [0.15, 0.2) is 5.82 Å². The van der Waals surface area contributed by atoms with Gasteiger partial charge in [-0.25, -0.2) is 9.37 Å². The first-order valence-corrected chi connectivity index (χ1v) is 6.00. The van der Waals surface area contributed by atoms with Crippen LogP contribution in [0.15, 0.2) is 36.5 Å². The summed E-state index contributed by atoms with van der Waals surface area (Å²) in [4.78, 5) is 17.5. The van der Waals surface area contributed by atoms with Crippen LogP contribution < -0.4 is 4.90 Å². The van der Waals surface area contributed by atoms with Crippen molar-refractivity contribution in [1.29, 1.82) is 5.26 Å². The van der Waals surface area contributed by atoms with Crippen molar-refractivity contribution in [2.75, 3.05) is 11.9 Å². The van der Waals surface area contributed by atoms with Crippen LogP contribution in [0.5, 0.6) is 0 Å². The van der Waals surface area contributed by atoms with E-state index in [-0.39, 0.29) is 22.0 Å². The number of carbonyl (C=O) groups excluding carboxylic acids is 1. The molecule has 0 saturated heterocycles. The Morgan fingerprint density at radius 2 is 2.20 bits per heavy atom. The first kappa shape index (κ1) is 14.0. The van der Waals surface area contributed by atoms with Gasteiger partial charge in [-0.3, -0.25) is 9.69 Å². The molecule has 100 valence electrons. The fraction of sp³-hybridized carbons (Fsp3) is 0.0714. The first-order valence-electron chi connectivity index (χ1n) is 5.63. The lowest BCUT2D eigenvalue weighted by Gasteiger charge is -2.17. The molecule has 1 heterocycles. The molecule has 0 aliphatic carbocycles. The van der Waals surface area contributed by atoms with Crippen molar-refractivity contribution in [3.05, 3.63) is 58.5 Å². The lowest BCUT2D eigenvalue weighted by atomic mass is 10.2. The Balaban J connectivity index is 2.38. The lowest BCUT2D eigenvalue weighted by molar-refractivity contribution is 0.0992. The van der Waals surface area contributed by atoms with Crippen LogP contribution in [0.1, 0.15) is 15.9 Å². The Bertz CT molecular complexity index is 712. The normalized spacial score (nSPS) is 9.90. The summed E-state index contributed by atoms with van der Waals surface area (Å²) in [6, 6.07) is 8.81. The standard InChI is InChI=1S/C14H9ClFN3O/c1-19(13-10(8-17)3-2-6-18-13)14(20)9-4-5-12(16)11(15)7-9/h2-7H,1H3. The Labute approximate surface area is 120 Å². The minimum Gasteiger partial charge on any atom is -0.295 e. The van der Waals surface area contributed by atoms with Crippen LogP contribution in [0.4, 0.5) is 10.2 Å². The molecular formula is C14H9ClFN3O. The van der Waals surface area contributed by atoms with Crippen LogP contribution in [0.3, 0.4) is 0 Å². The SMILES string of the molecule is CN(C(=O)c1ccc(F)c(Cl)c1)c1ncccc1C#N. The van der Waals surface area contributed by atoms with Gasteiger partial charge in [-0.15, -0.1) is 0 Å². The zero-order valence-electron chi connectivity index (χ0n) is 10.5. The predicted octanol–water partition coefficient (Wildman–Crippen LogP) is 3.02. The average molecular weight is 290 g/mol. The highest BCUT2D eigenvalue weighted by molar-refractivity contribution is 6.31. The van der Waals surface area contributed by atoms with E-state index in [1.54, 1.807) is 12.1 Å². The van der Waals surface area contributed by atoms with Gasteiger partial charge in [0.05, 0.1) is 10.6 Å². The van der Waals surface area contributed by atoms with E-state index in [1.165, 1.54) is 30.3 Å². The summed E-state index contributed by atoms with van der Waals surface area (Å²) >= 11 is 5.65. The second kappa shape index (κ2) is 5.68. The highest BCUT2D eigenvalue weighted by atomic mass is 35.5. The Morgan fingerprint density at radius 1 is 1.45 bits per heavy atom. The molecule has 0 N–H and O–H groups in total. The molecule has 0 spiro atoms. The van der Waals surface area contributed by atoms with E-state index in [9.17, 15) is 9.18 Å². The smallest absolute Gasteiger partial charge is 0.259 e. The molecular weight excluding hydrogens is 281 g/mol. The minimum atomic E-state index is -0.596. The fourth-order valence-electron chi connectivity index (χ4n) is 1.67. The van der Waals surface area contributed by atoms with Crippen LogP contribution in [0.2, 0.25) is 5.02 Å². The van der Waals surface area contributed by atoms with Gasteiger partial charge < -0.3 is 0 Å². The number of nitriles is 1.